The molecule has 0 unspecified atom stereocenters. The van der Waals surface area contributed by atoms with E-state index in [1.165, 1.54) is 32.1 Å². The van der Waals surface area contributed by atoms with Crippen molar-refractivity contribution in [3.05, 3.63) is 0 Å². The molecule has 1 saturated heterocycles. The van der Waals surface area contributed by atoms with E-state index in [-0.39, 0.29) is 29.9 Å². The van der Waals surface area contributed by atoms with Gasteiger partial charge >= 0.3 is 0 Å². The van der Waals surface area contributed by atoms with E-state index < -0.39 is 0 Å². The molecule has 1 aliphatic carbocycles. The van der Waals surface area contributed by atoms with Crippen LogP contribution in [0.1, 0.15) is 65.2 Å². The van der Waals surface area contributed by atoms with Gasteiger partial charge in [0.2, 0.25) is 5.91 Å². The van der Waals surface area contributed by atoms with Crippen LogP contribution in [0.3, 0.4) is 0 Å². The smallest absolute Gasteiger partial charge is 0.222 e. The summed E-state index contributed by atoms with van der Waals surface area (Å²) in [6.45, 7) is 8.00. The second-order valence-electron chi connectivity index (χ2n) is 7.06. The number of piperidine rings is 1. The van der Waals surface area contributed by atoms with Crippen LogP contribution in [0, 0.1) is 5.92 Å². The number of nitrogens with one attached hydrogen (secondary N) is 2. The molecule has 0 aromatic carbocycles. The lowest BCUT2D eigenvalue weighted by Gasteiger charge is -2.33. The first-order valence-corrected chi connectivity index (χ1v) is 9.51. The number of nitrogens with zero attached hydrogens (tertiary/aromatic N) is 2. The minimum atomic E-state index is 0. The Balaban J connectivity index is 0.00000288. The Morgan fingerprint density at radius 2 is 1.79 bits per heavy atom. The number of carbonyl (C=O) groups excluding carboxylic acids is 1. The van der Waals surface area contributed by atoms with Gasteiger partial charge in [0.25, 0.3) is 0 Å². The van der Waals surface area contributed by atoms with Crippen molar-refractivity contribution in [2.24, 2.45) is 10.9 Å². The molecule has 6 heteroatoms. The minimum absolute atomic E-state index is 0. The third kappa shape index (κ3) is 7.57. The summed E-state index contributed by atoms with van der Waals surface area (Å²) in [5, 5.41) is 6.53. The molecule has 0 spiro atoms. The molecule has 2 rings (SSSR count). The summed E-state index contributed by atoms with van der Waals surface area (Å²) in [7, 11) is 0. The second kappa shape index (κ2) is 11.9. The van der Waals surface area contributed by atoms with Gasteiger partial charge in [0.05, 0.1) is 6.54 Å². The summed E-state index contributed by atoms with van der Waals surface area (Å²) in [5.41, 5.74) is 0. The molecule has 0 radical (unpaired) electrons. The van der Waals surface area contributed by atoms with Gasteiger partial charge < -0.3 is 15.5 Å². The second-order valence-corrected chi connectivity index (χ2v) is 7.06. The Kier molecular flexibility index (Phi) is 10.7. The van der Waals surface area contributed by atoms with Crippen LogP contribution in [0.5, 0.6) is 0 Å². The molecular weight excluding hydrogens is 415 g/mol. The largest absolute Gasteiger partial charge is 0.357 e. The summed E-state index contributed by atoms with van der Waals surface area (Å²) in [5.74, 6) is 1.95. The summed E-state index contributed by atoms with van der Waals surface area (Å²) in [6.07, 6.45) is 9.06. The highest BCUT2D eigenvalue weighted by Crippen LogP contribution is 2.17. The zero-order valence-corrected chi connectivity index (χ0v) is 17.7. The highest BCUT2D eigenvalue weighted by Gasteiger charge is 2.19. The van der Waals surface area contributed by atoms with Gasteiger partial charge in [-0.2, -0.15) is 0 Å². The molecule has 5 nitrogen and oxygen atoms in total. The lowest BCUT2D eigenvalue weighted by molar-refractivity contribution is -0.121. The maximum Gasteiger partial charge on any atom is 0.222 e. The minimum Gasteiger partial charge on any atom is -0.357 e. The number of amides is 1. The highest BCUT2D eigenvalue weighted by atomic mass is 127. The van der Waals surface area contributed by atoms with Gasteiger partial charge in [-0.3, -0.25) is 9.79 Å². The normalized spacial score (nSPS) is 20.4. The summed E-state index contributed by atoms with van der Waals surface area (Å²) >= 11 is 0. The molecule has 24 heavy (non-hydrogen) atoms. The highest BCUT2D eigenvalue weighted by molar-refractivity contribution is 14.0. The van der Waals surface area contributed by atoms with Crippen LogP contribution >= 0.6 is 24.0 Å². The number of rotatable bonds is 5. The Morgan fingerprint density at radius 3 is 2.42 bits per heavy atom. The molecule has 0 bridgehead atoms. The molecule has 1 saturated carbocycles. The first kappa shape index (κ1) is 21.5. The van der Waals surface area contributed by atoms with Gasteiger partial charge in [-0.05, 0) is 38.5 Å². The van der Waals surface area contributed by atoms with Gasteiger partial charge in [-0.1, -0.05) is 26.2 Å². The molecule has 0 atom stereocenters. The SMILES string of the molecule is CCNC(=NCCC(=O)NC1CCCCC1)N1CCC(C)CC1.I. The lowest BCUT2D eigenvalue weighted by atomic mass is 9.95. The first-order valence-electron chi connectivity index (χ1n) is 9.51. The molecule has 0 aromatic heterocycles. The van der Waals surface area contributed by atoms with Crippen molar-refractivity contribution in [3.8, 4) is 0 Å². The fraction of sp³-hybridized carbons (Fsp3) is 0.889. The van der Waals surface area contributed by atoms with Gasteiger partial charge in [-0.15, -0.1) is 24.0 Å². The zero-order chi connectivity index (χ0) is 16.5. The van der Waals surface area contributed by atoms with E-state index in [2.05, 4.69) is 34.4 Å². The maximum atomic E-state index is 12.1. The Morgan fingerprint density at radius 1 is 1.12 bits per heavy atom. The average molecular weight is 450 g/mol. The number of guanidine groups is 1. The molecule has 2 fully saturated rings. The van der Waals surface area contributed by atoms with Crippen molar-refractivity contribution in [1.82, 2.24) is 15.5 Å². The van der Waals surface area contributed by atoms with E-state index >= 15 is 0 Å². The number of hydrogen-bond donors (Lipinski definition) is 2. The molecule has 2 N–H and O–H groups in total. The predicted octanol–water partition coefficient (Wildman–Crippen LogP) is 3.14. The Hall–Kier alpha value is -0.530. The number of likely N-dealkylation sites (tertiary alicyclic amines) is 1. The van der Waals surface area contributed by atoms with Crippen molar-refractivity contribution in [2.45, 2.75) is 71.3 Å². The molecule has 1 amide bonds. The van der Waals surface area contributed by atoms with Crippen LogP contribution in [-0.4, -0.2) is 49.0 Å². The summed E-state index contributed by atoms with van der Waals surface area (Å²) in [6, 6.07) is 0.400. The number of carbonyl (C=O) groups is 1. The molecule has 2 aliphatic rings. The first-order chi connectivity index (χ1) is 11.2. The van der Waals surface area contributed by atoms with Gasteiger partial charge in [0, 0.05) is 32.1 Å². The van der Waals surface area contributed by atoms with E-state index in [0.717, 1.165) is 44.4 Å². The van der Waals surface area contributed by atoms with Crippen molar-refractivity contribution in [1.29, 1.82) is 0 Å². The van der Waals surface area contributed by atoms with Crippen molar-refractivity contribution in [3.63, 3.8) is 0 Å². The third-order valence-corrected chi connectivity index (χ3v) is 4.99. The summed E-state index contributed by atoms with van der Waals surface area (Å²) in [4.78, 5) is 19.1. The Bertz CT molecular complexity index is 388. The van der Waals surface area contributed by atoms with Crippen LogP contribution < -0.4 is 10.6 Å². The molecule has 1 aliphatic heterocycles. The van der Waals surface area contributed by atoms with Crippen LogP contribution in [0.15, 0.2) is 4.99 Å². The molecule has 140 valence electrons. The quantitative estimate of drug-likeness (QED) is 0.385. The average Bonchev–Trinajstić information content (AvgIpc) is 2.56. The van der Waals surface area contributed by atoms with Crippen LogP contribution in [0.2, 0.25) is 0 Å². The van der Waals surface area contributed by atoms with Gasteiger partial charge in [-0.25, -0.2) is 0 Å². The standard InChI is InChI=1S/C18H34N4O.HI/c1-3-19-18(22-13-10-15(2)11-14-22)20-12-9-17(23)21-16-7-5-4-6-8-16;/h15-16H,3-14H2,1-2H3,(H,19,20)(H,21,23);1H. The third-order valence-electron chi connectivity index (χ3n) is 4.99. The monoisotopic (exact) mass is 450 g/mol. The van der Waals surface area contributed by atoms with E-state index in [9.17, 15) is 4.79 Å². The van der Waals surface area contributed by atoms with Crippen molar-refractivity contribution >= 4 is 35.8 Å². The van der Waals surface area contributed by atoms with Crippen LogP contribution in [-0.2, 0) is 4.79 Å². The Labute approximate surface area is 164 Å². The lowest BCUT2D eigenvalue weighted by Crippen LogP contribution is -2.45. The van der Waals surface area contributed by atoms with Gasteiger partial charge in [0.15, 0.2) is 5.96 Å². The number of hydrogen-bond acceptors (Lipinski definition) is 2. The van der Waals surface area contributed by atoms with Crippen molar-refractivity contribution < 1.29 is 4.79 Å². The maximum absolute atomic E-state index is 12.1. The van der Waals surface area contributed by atoms with Crippen molar-refractivity contribution in [2.75, 3.05) is 26.2 Å². The number of aliphatic imine (C=N–C) groups is 1. The molecular formula is C18H35IN4O. The topological polar surface area (TPSA) is 56.7 Å². The fourth-order valence-corrected chi connectivity index (χ4v) is 3.46. The van der Waals surface area contributed by atoms with E-state index in [1.54, 1.807) is 0 Å². The predicted molar refractivity (Wildman–Crippen MR) is 111 cm³/mol. The molecule has 0 aromatic rings. The van der Waals surface area contributed by atoms with Gasteiger partial charge in [0.1, 0.15) is 0 Å². The fourth-order valence-electron chi connectivity index (χ4n) is 3.46. The van der Waals surface area contributed by atoms with E-state index in [0.29, 0.717) is 19.0 Å². The van der Waals surface area contributed by atoms with E-state index in [4.69, 9.17) is 0 Å². The zero-order valence-electron chi connectivity index (χ0n) is 15.4. The summed E-state index contributed by atoms with van der Waals surface area (Å²) < 4.78 is 0. The molecule has 1 heterocycles. The van der Waals surface area contributed by atoms with Crippen LogP contribution in [0.4, 0.5) is 0 Å². The number of halogens is 1. The van der Waals surface area contributed by atoms with Crippen LogP contribution in [0.25, 0.3) is 0 Å². The van der Waals surface area contributed by atoms with E-state index in [1.807, 2.05) is 0 Å².